The van der Waals surface area contributed by atoms with Crippen LogP contribution in [-0.2, 0) is 11.0 Å². The van der Waals surface area contributed by atoms with Crippen LogP contribution in [0.5, 0.6) is 0 Å². The Morgan fingerprint density at radius 2 is 2.10 bits per heavy atom. The molecule has 2 atom stereocenters. The molecule has 0 aliphatic heterocycles. The Labute approximate surface area is 118 Å². The topological polar surface area (TPSA) is 108 Å². The first-order valence-electron chi connectivity index (χ1n) is 6.06. The smallest absolute Gasteiger partial charge is 0.390 e. The number of nitrogens with zero attached hydrogens (tertiary/aromatic N) is 1. The number of nitrogens with one attached hydrogen (secondary N) is 1. The number of nitrogens with two attached hydrogens (primary N) is 1. The molecular weight excluding hydrogens is 291 g/mol. The molecule has 0 saturated carbocycles. The zero-order chi connectivity index (χ0) is 16.2. The van der Waals surface area contributed by atoms with Crippen LogP contribution in [-0.4, -0.2) is 33.8 Å². The van der Waals surface area contributed by atoms with E-state index in [1.807, 2.05) is 0 Å². The van der Waals surface area contributed by atoms with E-state index in [9.17, 15) is 28.2 Å². The van der Waals surface area contributed by atoms with Gasteiger partial charge in [0.15, 0.2) is 0 Å². The minimum atomic E-state index is -4.63. The van der Waals surface area contributed by atoms with Crippen LogP contribution in [0.3, 0.4) is 0 Å². The number of pyridine rings is 1. The Morgan fingerprint density at radius 3 is 2.62 bits per heavy atom. The van der Waals surface area contributed by atoms with Gasteiger partial charge in [-0.05, 0) is 12.5 Å². The molecule has 0 aliphatic rings. The van der Waals surface area contributed by atoms with Crippen LogP contribution < -0.4 is 11.1 Å². The molecule has 9 heteroatoms. The summed E-state index contributed by atoms with van der Waals surface area (Å²) in [5.41, 5.74) is 4.05. The van der Waals surface area contributed by atoms with Gasteiger partial charge in [-0.15, -0.1) is 0 Å². The van der Waals surface area contributed by atoms with Crippen LogP contribution in [0, 0.1) is 0 Å². The van der Waals surface area contributed by atoms with Crippen molar-refractivity contribution >= 4 is 11.7 Å². The van der Waals surface area contributed by atoms with Crippen LogP contribution in [0.25, 0.3) is 0 Å². The molecule has 0 fully saturated rings. The molecule has 1 amide bonds. The molecule has 2 unspecified atom stereocenters. The third-order valence-electron chi connectivity index (χ3n) is 2.77. The first-order chi connectivity index (χ1) is 9.62. The lowest BCUT2D eigenvalue weighted by atomic mass is 10.0. The van der Waals surface area contributed by atoms with Crippen LogP contribution in [0.15, 0.2) is 12.3 Å². The molecule has 5 N–H and O–H groups in total. The zero-order valence-electron chi connectivity index (χ0n) is 11.2. The highest BCUT2D eigenvalue weighted by Gasteiger charge is 2.33. The predicted molar refractivity (Wildman–Crippen MR) is 67.9 cm³/mol. The second-order valence-electron chi connectivity index (χ2n) is 4.48. The van der Waals surface area contributed by atoms with E-state index < -0.39 is 23.9 Å². The Bertz CT molecular complexity index is 508. The van der Waals surface area contributed by atoms with E-state index in [1.54, 1.807) is 0 Å². The van der Waals surface area contributed by atoms with Crippen LogP contribution in [0.4, 0.5) is 19.0 Å². The van der Waals surface area contributed by atoms with Crippen molar-refractivity contribution in [3.8, 4) is 0 Å². The van der Waals surface area contributed by atoms with Crippen LogP contribution in [0.2, 0.25) is 0 Å². The van der Waals surface area contributed by atoms with Gasteiger partial charge in [0, 0.05) is 25.2 Å². The maximum atomic E-state index is 12.6. The Balaban J connectivity index is 2.85. The number of hydrogen-bond donors (Lipinski definition) is 4. The van der Waals surface area contributed by atoms with Gasteiger partial charge in [-0.25, -0.2) is 4.98 Å². The number of amides is 1. The summed E-state index contributed by atoms with van der Waals surface area (Å²) in [7, 11) is 0. The summed E-state index contributed by atoms with van der Waals surface area (Å²) in [5.74, 6) is -0.619. The van der Waals surface area contributed by atoms with Crippen molar-refractivity contribution in [2.45, 2.75) is 31.7 Å². The van der Waals surface area contributed by atoms with Crippen LogP contribution in [0.1, 0.15) is 30.6 Å². The molecule has 0 saturated heterocycles. The molecule has 1 aromatic heterocycles. The summed E-state index contributed by atoms with van der Waals surface area (Å²) >= 11 is 0. The molecule has 1 aromatic rings. The predicted octanol–water partition coefficient (Wildman–Crippen LogP) is 0.603. The molecule has 0 bridgehead atoms. The van der Waals surface area contributed by atoms with Crippen molar-refractivity contribution in [3.63, 3.8) is 0 Å². The second kappa shape index (κ2) is 6.72. The fourth-order valence-corrected chi connectivity index (χ4v) is 1.65. The number of hydrogen-bond acceptors (Lipinski definition) is 5. The van der Waals surface area contributed by atoms with Crippen molar-refractivity contribution in [2.24, 2.45) is 0 Å². The summed E-state index contributed by atoms with van der Waals surface area (Å²) in [6.45, 7) is 1.34. The van der Waals surface area contributed by atoms with E-state index in [-0.39, 0.29) is 30.3 Å². The van der Waals surface area contributed by atoms with Crippen molar-refractivity contribution in [1.82, 2.24) is 10.3 Å². The largest absolute Gasteiger partial charge is 0.417 e. The van der Waals surface area contributed by atoms with Crippen molar-refractivity contribution in [2.75, 3.05) is 12.3 Å². The maximum Gasteiger partial charge on any atom is 0.417 e. The summed E-state index contributed by atoms with van der Waals surface area (Å²) in [4.78, 5) is 14.0. The highest BCUT2D eigenvalue weighted by molar-refractivity contribution is 5.72. The van der Waals surface area contributed by atoms with Gasteiger partial charge in [-0.2, -0.15) is 13.2 Å². The Kier molecular flexibility index (Phi) is 5.50. The van der Waals surface area contributed by atoms with Gasteiger partial charge in [0.2, 0.25) is 5.91 Å². The summed E-state index contributed by atoms with van der Waals surface area (Å²) < 4.78 is 37.7. The van der Waals surface area contributed by atoms with Gasteiger partial charge >= 0.3 is 6.18 Å². The van der Waals surface area contributed by atoms with Gasteiger partial charge in [0.1, 0.15) is 11.9 Å². The average molecular weight is 307 g/mol. The average Bonchev–Trinajstić information content (AvgIpc) is 2.36. The molecular formula is C12H16F3N3O3. The first kappa shape index (κ1) is 17.2. The number of carbonyl (C=O) groups is 1. The van der Waals surface area contributed by atoms with Gasteiger partial charge < -0.3 is 21.3 Å². The third kappa shape index (κ3) is 4.87. The van der Waals surface area contributed by atoms with E-state index in [1.165, 1.54) is 6.92 Å². The van der Waals surface area contributed by atoms with Gasteiger partial charge in [0.05, 0.1) is 11.7 Å². The van der Waals surface area contributed by atoms with E-state index in [0.717, 1.165) is 0 Å². The number of alkyl halides is 3. The van der Waals surface area contributed by atoms with Gasteiger partial charge in [0.25, 0.3) is 0 Å². The third-order valence-corrected chi connectivity index (χ3v) is 2.77. The summed E-state index contributed by atoms with van der Waals surface area (Å²) in [5, 5.41) is 22.0. The van der Waals surface area contributed by atoms with E-state index in [4.69, 9.17) is 5.73 Å². The number of anilines is 1. The minimum absolute atomic E-state index is 0.0452. The lowest BCUT2D eigenvalue weighted by Crippen LogP contribution is -2.28. The fourth-order valence-electron chi connectivity index (χ4n) is 1.65. The lowest BCUT2D eigenvalue weighted by molar-refractivity contribution is -0.138. The zero-order valence-corrected chi connectivity index (χ0v) is 11.2. The number of aromatic nitrogens is 1. The van der Waals surface area contributed by atoms with Gasteiger partial charge in [-0.1, -0.05) is 0 Å². The summed E-state index contributed by atoms with van der Waals surface area (Å²) in [6, 6.07) is 0.647. The molecule has 21 heavy (non-hydrogen) atoms. The van der Waals surface area contributed by atoms with Crippen molar-refractivity contribution in [3.05, 3.63) is 23.4 Å². The normalized spacial score (nSPS) is 14.6. The SMILES string of the molecule is CC(=O)NCCC(O)C(O)c1cc(C(F)(F)F)cnc1N. The molecule has 0 aliphatic carbocycles. The van der Waals surface area contributed by atoms with Crippen molar-refractivity contribution < 1.29 is 28.2 Å². The van der Waals surface area contributed by atoms with Crippen LogP contribution >= 0.6 is 0 Å². The Morgan fingerprint density at radius 1 is 1.48 bits per heavy atom. The first-order valence-corrected chi connectivity index (χ1v) is 6.06. The number of aliphatic hydroxyl groups excluding tert-OH is 2. The molecule has 6 nitrogen and oxygen atoms in total. The highest BCUT2D eigenvalue weighted by atomic mass is 19.4. The standard InChI is InChI=1S/C12H16F3N3O3/c1-6(19)17-3-2-9(20)10(21)8-4-7(12(13,14)15)5-18-11(8)16/h4-5,9-10,20-21H,2-3H2,1H3,(H2,16,18)(H,17,19). The van der Waals surface area contributed by atoms with E-state index in [2.05, 4.69) is 10.3 Å². The molecule has 118 valence electrons. The maximum absolute atomic E-state index is 12.6. The quantitative estimate of drug-likeness (QED) is 0.637. The van der Waals surface area contributed by atoms with Crippen molar-refractivity contribution in [1.29, 1.82) is 0 Å². The monoisotopic (exact) mass is 307 g/mol. The van der Waals surface area contributed by atoms with E-state index >= 15 is 0 Å². The molecule has 1 heterocycles. The molecule has 0 spiro atoms. The lowest BCUT2D eigenvalue weighted by Gasteiger charge is -2.20. The molecule has 1 rings (SSSR count). The van der Waals surface area contributed by atoms with E-state index in [0.29, 0.717) is 12.3 Å². The summed E-state index contributed by atoms with van der Waals surface area (Å²) in [6.07, 6.45) is -7.14. The Hall–Kier alpha value is -1.87. The number of nitrogen functional groups attached to an aromatic ring is 1. The molecule has 0 aromatic carbocycles. The highest BCUT2D eigenvalue weighted by Crippen LogP contribution is 2.32. The number of halogens is 3. The fraction of sp³-hybridized carbons (Fsp3) is 0.500. The number of aliphatic hydroxyl groups is 2. The molecule has 0 radical (unpaired) electrons. The second-order valence-corrected chi connectivity index (χ2v) is 4.48. The minimum Gasteiger partial charge on any atom is -0.390 e. The van der Waals surface area contributed by atoms with Gasteiger partial charge in [-0.3, -0.25) is 4.79 Å². The number of rotatable bonds is 5. The number of carbonyl (C=O) groups excluding carboxylic acids is 1.